The summed E-state index contributed by atoms with van der Waals surface area (Å²) in [5.74, 6) is 0.786. The van der Waals surface area contributed by atoms with Crippen LogP contribution in [0.2, 0.25) is 5.02 Å². The van der Waals surface area contributed by atoms with E-state index in [0.717, 1.165) is 53.8 Å². The number of carboxylic acids is 1. The minimum Gasteiger partial charge on any atom is -0.481 e. The largest absolute Gasteiger partial charge is 0.481 e. The summed E-state index contributed by atoms with van der Waals surface area (Å²) in [5, 5.41) is 14.4. The first-order chi connectivity index (χ1) is 16.0. The molecular weight excluding hydrogens is 450 g/mol. The zero-order valence-corrected chi connectivity index (χ0v) is 21.5. The molecule has 2 saturated carbocycles. The summed E-state index contributed by atoms with van der Waals surface area (Å²) in [7, 11) is 0. The number of carbonyl (C=O) groups excluding carboxylic acids is 1. The number of nitrogens with zero attached hydrogens (tertiary/aromatic N) is 1. The first-order valence-corrected chi connectivity index (χ1v) is 12.9. The number of aromatic nitrogens is 1. The number of aryl methyl sites for hydroxylation is 1. The first-order valence-electron chi connectivity index (χ1n) is 12.5. The number of hydrogen-bond acceptors (Lipinski definition) is 4. The van der Waals surface area contributed by atoms with Crippen molar-refractivity contribution in [3.05, 3.63) is 51.4 Å². The van der Waals surface area contributed by atoms with E-state index in [1.54, 1.807) is 0 Å². The highest BCUT2D eigenvalue weighted by molar-refractivity contribution is 6.31. The predicted octanol–water partition coefficient (Wildman–Crippen LogP) is 6.89. The van der Waals surface area contributed by atoms with Crippen molar-refractivity contribution in [3.8, 4) is 0 Å². The van der Waals surface area contributed by atoms with Gasteiger partial charge in [0.15, 0.2) is 0 Å². The van der Waals surface area contributed by atoms with E-state index in [2.05, 4.69) is 25.9 Å². The van der Waals surface area contributed by atoms with Crippen molar-refractivity contribution in [2.75, 3.05) is 0 Å². The molecule has 1 aromatic heterocycles. The lowest BCUT2D eigenvalue weighted by Gasteiger charge is -2.38. The van der Waals surface area contributed by atoms with Gasteiger partial charge in [0.25, 0.3) is 0 Å². The van der Waals surface area contributed by atoms with Crippen LogP contribution < -0.4 is 0 Å². The van der Waals surface area contributed by atoms with Gasteiger partial charge in [-0.3, -0.25) is 9.59 Å². The third kappa shape index (κ3) is 6.10. The summed E-state index contributed by atoms with van der Waals surface area (Å²) in [6, 6.07) is 5.60. The summed E-state index contributed by atoms with van der Waals surface area (Å²) in [4.78, 5) is 24.8. The second kappa shape index (κ2) is 9.85. The molecule has 0 bridgehead atoms. The molecule has 2 fully saturated rings. The van der Waals surface area contributed by atoms with Crippen LogP contribution in [-0.4, -0.2) is 22.0 Å². The molecule has 1 atom stereocenters. The van der Waals surface area contributed by atoms with Crippen LogP contribution in [-0.2, 0) is 22.4 Å². The van der Waals surface area contributed by atoms with Gasteiger partial charge in [-0.05, 0) is 73.5 Å². The Bertz CT molecular complexity index is 1060. The molecule has 5 nitrogen and oxygen atoms in total. The second-order valence-corrected chi connectivity index (χ2v) is 12.1. The van der Waals surface area contributed by atoms with Crippen LogP contribution in [0, 0.1) is 24.2 Å². The normalized spacial score (nSPS) is 21.2. The Morgan fingerprint density at radius 2 is 1.91 bits per heavy atom. The second-order valence-electron chi connectivity index (χ2n) is 11.7. The molecule has 0 saturated heterocycles. The molecule has 0 radical (unpaired) electrons. The number of ketones is 1. The molecule has 0 spiro atoms. The maximum absolute atomic E-state index is 13.2. The lowest BCUT2D eigenvalue weighted by molar-refractivity contribution is -0.140. The average molecular weight is 486 g/mol. The fourth-order valence-electron chi connectivity index (χ4n) is 5.45. The Kier molecular flexibility index (Phi) is 7.23. The number of carbonyl (C=O) groups is 2. The molecule has 0 amide bonds. The number of rotatable bonds is 10. The highest BCUT2D eigenvalue weighted by Crippen LogP contribution is 2.52. The van der Waals surface area contributed by atoms with Gasteiger partial charge < -0.3 is 9.63 Å². The van der Waals surface area contributed by atoms with Gasteiger partial charge in [0.1, 0.15) is 11.5 Å². The minimum absolute atomic E-state index is 0.117. The average Bonchev–Trinajstić information content (AvgIpc) is 3.45. The van der Waals surface area contributed by atoms with Crippen molar-refractivity contribution in [2.24, 2.45) is 17.3 Å². The summed E-state index contributed by atoms with van der Waals surface area (Å²) in [6.45, 7) is 8.80. The number of carboxylic acid groups (broad SMARTS) is 1. The van der Waals surface area contributed by atoms with Crippen molar-refractivity contribution in [1.29, 1.82) is 0 Å². The molecular formula is C28H36ClNO4. The number of Topliss-reactive ketones (excluding diaryl/α,β-unsaturated/α-hetero) is 1. The van der Waals surface area contributed by atoms with Gasteiger partial charge in [0.05, 0.1) is 12.1 Å². The van der Waals surface area contributed by atoms with Gasteiger partial charge in [0, 0.05) is 35.3 Å². The Balaban J connectivity index is 1.49. The molecule has 1 heterocycles. The van der Waals surface area contributed by atoms with Crippen molar-refractivity contribution >= 4 is 23.4 Å². The maximum Gasteiger partial charge on any atom is 0.304 e. The van der Waals surface area contributed by atoms with Crippen molar-refractivity contribution in [2.45, 2.75) is 90.9 Å². The van der Waals surface area contributed by atoms with E-state index in [-0.39, 0.29) is 18.6 Å². The fourth-order valence-corrected chi connectivity index (χ4v) is 5.75. The third-order valence-corrected chi connectivity index (χ3v) is 7.56. The topological polar surface area (TPSA) is 80.4 Å². The SMILES string of the molecule is Cc1ccc(CC(=O)[C@H](CC(=O)O)Cc2noc(C3CC(CC(C)(C)C)C3)c2C2CC2)c(Cl)c1. The van der Waals surface area contributed by atoms with E-state index in [9.17, 15) is 14.7 Å². The molecule has 2 aliphatic carbocycles. The zero-order chi connectivity index (χ0) is 24.6. The highest BCUT2D eigenvalue weighted by Gasteiger charge is 2.41. The van der Waals surface area contributed by atoms with Crippen molar-refractivity contribution in [1.82, 2.24) is 5.16 Å². The number of aliphatic carboxylic acids is 1. The van der Waals surface area contributed by atoms with E-state index in [1.807, 2.05) is 25.1 Å². The van der Waals surface area contributed by atoms with Gasteiger partial charge >= 0.3 is 5.97 Å². The van der Waals surface area contributed by atoms with E-state index >= 15 is 0 Å². The molecule has 4 rings (SSSR count). The van der Waals surface area contributed by atoms with Crippen LogP contribution in [0.1, 0.15) is 99.3 Å². The number of benzene rings is 1. The zero-order valence-electron chi connectivity index (χ0n) is 20.7. The van der Waals surface area contributed by atoms with E-state index in [1.165, 1.54) is 6.42 Å². The Morgan fingerprint density at radius 3 is 2.50 bits per heavy atom. The van der Waals surface area contributed by atoms with Crippen molar-refractivity contribution in [3.63, 3.8) is 0 Å². The Labute approximate surface area is 207 Å². The standard InChI is InChI=1S/C28H36ClNO4/c1-16-5-6-19(22(29)9-16)13-24(31)20(14-25(32)33)12-23-26(18-7-8-18)27(34-30-23)21-10-17(11-21)15-28(2,3)4/h5-6,9,17-18,20-21H,7-8,10-15H2,1-4H3,(H,32,33)/t17?,20-,21?/m0/s1. The Morgan fingerprint density at radius 1 is 1.21 bits per heavy atom. The molecule has 6 heteroatoms. The van der Waals surface area contributed by atoms with Crippen molar-refractivity contribution < 1.29 is 19.2 Å². The van der Waals surface area contributed by atoms with Gasteiger partial charge in [-0.25, -0.2) is 0 Å². The van der Waals surface area contributed by atoms with Crippen LogP contribution in [0.25, 0.3) is 0 Å². The van der Waals surface area contributed by atoms with Gasteiger partial charge in [-0.2, -0.15) is 0 Å². The summed E-state index contributed by atoms with van der Waals surface area (Å²) < 4.78 is 5.89. The maximum atomic E-state index is 13.2. The lowest BCUT2D eigenvalue weighted by atomic mass is 9.67. The molecule has 1 N–H and O–H groups in total. The molecule has 0 aliphatic heterocycles. The number of halogens is 1. The predicted molar refractivity (Wildman–Crippen MR) is 132 cm³/mol. The monoisotopic (exact) mass is 485 g/mol. The third-order valence-electron chi connectivity index (χ3n) is 7.21. The fraction of sp³-hybridized carbons (Fsp3) is 0.607. The van der Waals surface area contributed by atoms with E-state index in [4.69, 9.17) is 16.1 Å². The van der Waals surface area contributed by atoms with Crippen LogP contribution in [0.5, 0.6) is 0 Å². The molecule has 1 aromatic carbocycles. The minimum atomic E-state index is -0.978. The van der Waals surface area contributed by atoms with Gasteiger partial charge in [-0.15, -0.1) is 0 Å². The van der Waals surface area contributed by atoms with Crippen LogP contribution in [0.3, 0.4) is 0 Å². The number of hydrogen-bond donors (Lipinski definition) is 1. The van der Waals surface area contributed by atoms with Gasteiger partial charge in [-0.1, -0.05) is 49.7 Å². The summed E-state index contributed by atoms with van der Waals surface area (Å²) in [5.41, 5.74) is 4.03. The summed E-state index contributed by atoms with van der Waals surface area (Å²) in [6.07, 6.45) is 5.88. The van der Waals surface area contributed by atoms with Crippen LogP contribution >= 0.6 is 11.6 Å². The lowest BCUT2D eigenvalue weighted by Crippen LogP contribution is -2.26. The Hall–Kier alpha value is -2.14. The molecule has 34 heavy (non-hydrogen) atoms. The summed E-state index contributed by atoms with van der Waals surface area (Å²) >= 11 is 6.34. The first kappa shape index (κ1) is 25.0. The van der Waals surface area contributed by atoms with E-state index in [0.29, 0.717) is 34.6 Å². The smallest absolute Gasteiger partial charge is 0.304 e. The quantitative estimate of drug-likeness (QED) is 0.396. The molecule has 184 valence electrons. The van der Waals surface area contributed by atoms with E-state index < -0.39 is 11.9 Å². The molecule has 2 aliphatic rings. The van der Waals surface area contributed by atoms with Crippen LogP contribution in [0.15, 0.2) is 22.7 Å². The molecule has 2 aromatic rings. The van der Waals surface area contributed by atoms with Gasteiger partial charge in [0.2, 0.25) is 0 Å². The highest BCUT2D eigenvalue weighted by atomic mass is 35.5. The van der Waals surface area contributed by atoms with Crippen LogP contribution in [0.4, 0.5) is 0 Å². The molecule has 0 unspecified atom stereocenters.